The monoisotopic (exact) mass is 390 g/mol. The molecule has 0 heterocycles. The summed E-state index contributed by atoms with van der Waals surface area (Å²) in [4.78, 5) is 67.4. The Balaban J connectivity index is -0.0000000482. The zero-order valence-corrected chi connectivity index (χ0v) is 22.2. The Bertz CT molecular complexity index is 269. The molecule has 0 bridgehead atoms. The van der Waals surface area contributed by atoms with Crippen molar-refractivity contribution in [1.82, 2.24) is 0 Å². The Morgan fingerprint density at radius 1 is 0.800 bits per heavy atom. The number of aliphatic hydroxyl groups excluding tert-OH is 1. The minimum absolute atomic E-state index is 0. The molecule has 0 spiro atoms. The third kappa shape index (κ3) is 30.2. The molecule has 0 radical (unpaired) electrons. The average molecular weight is 390 g/mol. The van der Waals surface area contributed by atoms with E-state index in [-0.39, 0.29) is 118 Å². The molecular weight excluding hydrogens is 382 g/mol. The maximum atomic E-state index is 10.3. The first kappa shape index (κ1) is 39.4. The van der Waals surface area contributed by atoms with Gasteiger partial charge in [-0.2, -0.15) is 0 Å². The smallest absolute Gasteiger partial charge is 0.894 e. The number of rotatable bonds is 3. The van der Waals surface area contributed by atoms with E-state index in [9.17, 15) is 9.13 Å². The van der Waals surface area contributed by atoms with E-state index >= 15 is 0 Å². The third-order valence-corrected chi connectivity index (χ3v) is 4.62. The van der Waals surface area contributed by atoms with Gasteiger partial charge in [0, 0.05) is 0 Å². The van der Waals surface area contributed by atoms with Gasteiger partial charge in [0.25, 0.3) is 0 Å². The minimum Gasteiger partial charge on any atom is -0.894 e. The third-order valence-electron chi connectivity index (χ3n) is 0.940. The molecule has 0 aromatic carbocycles. The maximum Gasteiger partial charge on any atom is 1.00 e. The predicted octanol–water partition coefficient (Wildman–Crippen LogP) is -18.5. The summed E-state index contributed by atoms with van der Waals surface area (Å²) in [6, 6.07) is 0. The van der Waals surface area contributed by atoms with E-state index in [4.69, 9.17) is 43.9 Å². The topological polar surface area (TPSA) is 228 Å². The fourth-order valence-corrected chi connectivity index (χ4v) is 2.40. The van der Waals surface area contributed by atoms with Crippen LogP contribution in [0, 0.1) is 0 Å². The molecule has 11 nitrogen and oxygen atoms in total. The van der Waals surface area contributed by atoms with Gasteiger partial charge in [-0.25, -0.2) is 0 Å². The molecule has 0 aromatic heterocycles. The van der Waals surface area contributed by atoms with Gasteiger partial charge in [0.2, 0.25) is 0 Å². The molecule has 0 fully saturated rings. The minimum atomic E-state index is -5.61. The van der Waals surface area contributed by atoms with E-state index in [1.165, 1.54) is 0 Å². The van der Waals surface area contributed by atoms with Crippen molar-refractivity contribution in [2.24, 2.45) is 0 Å². The Labute approximate surface area is 204 Å². The van der Waals surface area contributed by atoms with Gasteiger partial charge in [0.1, 0.15) is 0 Å². The number of hydrogen-bond acceptors (Lipinski definition) is 7. The van der Waals surface area contributed by atoms with Gasteiger partial charge < -0.3 is 52.9 Å². The van der Waals surface area contributed by atoms with Crippen LogP contribution in [-0.4, -0.2) is 45.7 Å². The maximum absolute atomic E-state index is 10.3. The molecule has 100 valence electrons. The number of hydrogen-bond donors (Lipinski definition) is 5. The van der Waals surface area contributed by atoms with Crippen molar-refractivity contribution in [3.05, 3.63) is 0 Å². The van der Waals surface area contributed by atoms with E-state index in [1.807, 2.05) is 0 Å². The van der Waals surface area contributed by atoms with E-state index in [1.54, 1.807) is 0 Å². The molecule has 0 aliphatic rings. The van der Waals surface area contributed by atoms with Gasteiger partial charge in [-0.05, 0) is 0 Å². The van der Waals surface area contributed by atoms with Gasteiger partial charge in [0.05, 0.1) is 6.61 Å². The zero-order chi connectivity index (χ0) is 13.8. The van der Waals surface area contributed by atoms with Crippen molar-refractivity contribution in [3.63, 3.8) is 0 Å². The second kappa shape index (κ2) is 16.8. The molecule has 18 heteroatoms. The van der Waals surface area contributed by atoms with Crippen molar-refractivity contribution in [2.45, 2.75) is 5.40 Å². The standard InChI is InChI=1S/C2H8O7P2.4Na.O4Si/c3-1-2(10(4,5)6)11(7,8)9;;;;;1-5(2,3)4/h2-3H,1H2,(H2,4,5,6)(H2,7,8,9);;;;;/q;4*+1;-4. The summed E-state index contributed by atoms with van der Waals surface area (Å²) in [6.07, 6.45) is 0. The summed E-state index contributed by atoms with van der Waals surface area (Å²) in [5, 5.41) is 5.92. The Morgan fingerprint density at radius 2 is 0.950 bits per heavy atom. The van der Waals surface area contributed by atoms with Crippen LogP contribution in [-0.2, 0) is 9.13 Å². The SMILES string of the molecule is O=P(O)(O)C(CO)P(=O)(O)O.[Na+].[Na+].[Na+].[Na+].[O-][Si]([O-])([O-])[O-]. The van der Waals surface area contributed by atoms with E-state index in [0.29, 0.717) is 0 Å². The van der Waals surface area contributed by atoms with Crippen LogP contribution in [0.5, 0.6) is 0 Å². The van der Waals surface area contributed by atoms with Crippen molar-refractivity contribution in [1.29, 1.82) is 0 Å². The molecule has 0 unspecified atom stereocenters. The quantitative estimate of drug-likeness (QED) is 0.224. The molecule has 20 heavy (non-hydrogen) atoms. The fourth-order valence-electron chi connectivity index (χ4n) is 0.409. The van der Waals surface area contributed by atoms with Crippen LogP contribution in [0.2, 0.25) is 0 Å². The van der Waals surface area contributed by atoms with Crippen LogP contribution in [0.25, 0.3) is 0 Å². The molecule has 0 aromatic rings. The Kier molecular flexibility index (Phi) is 33.0. The average Bonchev–Trinajstić information content (AvgIpc) is 1.74. The molecule has 0 amide bonds. The summed E-state index contributed by atoms with van der Waals surface area (Å²) in [6.45, 7) is -1.24. The Morgan fingerprint density at radius 3 is 0.950 bits per heavy atom. The van der Waals surface area contributed by atoms with Crippen LogP contribution >= 0.6 is 15.2 Å². The Hall–Kier alpha value is 4.32. The van der Waals surface area contributed by atoms with Crippen molar-refractivity contribution in [2.75, 3.05) is 6.61 Å². The van der Waals surface area contributed by atoms with Crippen molar-refractivity contribution in [3.8, 4) is 0 Å². The molecule has 0 aliphatic heterocycles. The van der Waals surface area contributed by atoms with Crippen molar-refractivity contribution < 1.29 is 171 Å². The first-order valence-corrected chi connectivity index (χ1v) is 8.22. The largest absolute Gasteiger partial charge is 1.00 e. The normalized spacial score (nSPS) is 10.7. The van der Waals surface area contributed by atoms with Crippen LogP contribution in [0.1, 0.15) is 0 Å². The first-order chi connectivity index (χ1) is 6.69. The summed E-state index contributed by atoms with van der Waals surface area (Å²) in [5.74, 6) is 0. The zero-order valence-electron chi connectivity index (χ0n) is 11.4. The second-order valence-corrected chi connectivity index (χ2v) is 7.35. The van der Waals surface area contributed by atoms with Crippen LogP contribution < -0.4 is 137 Å². The second-order valence-electron chi connectivity index (χ2n) is 2.34. The molecule has 0 rings (SSSR count). The van der Waals surface area contributed by atoms with Gasteiger partial charge in [-0.1, -0.05) is 0 Å². The molecular formula is C2H8Na4O11P2Si. The first-order valence-electron chi connectivity index (χ1n) is 3.22. The van der Waals surface area contributed by atoms with Crippen LogP contribution in [0.4, 0.5) is 0 Å². The van der Waals surface area contributed by atoms with Crippen molar-refractivity contribution >= 4 is 24.2 Å². The molecule has 0 atom stereocenters. The molecule has 5 N–H and O–H groups in total. The van der Waals surface area contributed by atoms with Crippen LogP contribution in [0.15, 0.2) is 0 Å². The summed E-state index contributed by atoms with van der Waals surface area (Å²) >= 11 is 0. The molecule has 0 saturated heterocycles. The van der Waals surface area contributed by atoms with E-state index in [2.05, 4.69) is 0 Å². The van der Waals surface area contributed by atoms with Crippen LogP contribution in [0.3, 0.4) is 0 Å². The van der Waals surface area contributed by atoms with E-state index < -0.39 is 36.2 Å². The predicted molar refractivity (Wildman–Crippen MR) is 40.7 cm³/mol. The summed E-state index contributed by atoms with van der Waals surface area (Å²) < 4.78 is 20.5. The summed E-state index contributed by atoms with van der Waals surface area (Å²) in [5.41, 5.74) is 0. The number of aliphatic hydroxyl groups is 1. The van der Waals surface area contributed by atoms with Gasteiger partial charge in [-0.15, -0.1) is 0 Å². The summed E-state index contributed by atoms with van der Waals surface area (Å²) in [7, 11) is -15.4. The van der Waals surface area contributed by atoms with Gasteiger partial charge >= 0.3 is 133 Å². The molecule has 0 aliphatic carbocycles. The van der Waals surface area contributed by atoms with Gasteiger partial charge in [0.15, 0.2) is 5.40 Å². The van der Waals surface area contributed by atoms with E-state index in [0.717, 1.165) is 0 Å². The van der Waals surface area contributed by atoms with Gasteiger partial charge in [-0.3, -0.25) is 9.13 Å². The molecule has 0 saturated carbocycles. The fraction of sp³-hybridized carbons (Fsp3) is 1.00.